The Morgan fingerprint density at radius 1 is 1.24 bits per heavy atom. The minimum Gasteiger partial charge on any atom is -0.352 e. The van der Waals surface area contributed by atoms with Gasteiger partial charge in [-0.2, -0.15) is 0 Å². The third kappa shape index (κ3) is 3.90. The molecule has 0 saturated carbocycles. The van der Waals surface area contributed by atoms with Gasteiger partial charge in [0.25, 0.3) is 11.5 Å². The summed E-state index contributed by atoms with van der Waals surface area (Å²) in [6, 6.07) is 9.33. The first-order chi connectivity index (χ1) is 10.1. The first kappa shape index (κ1) is 14.7. The van der Waals surface area contributed by atoms with Gasteiger partial charge in [-0.15, -0.1) is 0 Å². The van der Waals surface area contributed by atoms with E-state index in [0.717, 1.165) is 11.8 Å². The van der Waals surface area contributed by atoms with E-state index in [4.69, 9.17) is 5.73 Å². The normalized spacial score (nSPS) is 11.9. The van der Waals surface area contributed by atoms with Crippen LogP contribution in [0.5, 0.6) is 0 Å². The van der Waals surface area contributed by atoms with E-state index >= 15 is 0 Å². The van der Waals surface area contributed by atoms with Crippen molar-refractivity contribution in [1.29, 1.82) is 0 Å². The van der Waals surface area contributed by atoms with Crippen LogP contribution >= 0.6 is 0 Å². The molecular weight excluding hydrogens is 272 g/mol. The number of aromatic amines is 2. The summed E-state index contributed by atoms with van der Waals surface area (Å²) in [5.74, 6) is -0.548. The van der Waals surface area contributed by atoms with Crippen LogP contribution in [-0.4, -0.2) is 22.4 Å². The van der Waals surface area contributed by atoms with E-state index in [-0.39, 0.29) is 11.6 Å². The molecule has 1 amide bonds. The lowest BCUT2D eigenvalue weighted by atomic mass is 10.1. The van der Waals surface area contributed by atoms with Crippen molar-refractivity contribution in [2.24, 2.45) is 5.73 Å². The van der Waals surface area contributed by atoms with Gasteiger partial charge >= 0.3 is 5.69 Å². The third-order valence-corrected chi connectivity index (χ3v) is 3.03. The van der Waals surface area contributed by atoms with Gasteiger partial charge in [0, 0.05) is 18.8 Å². The predicted octanol–water partition coefficient (Wildman–Crippen LogP) is -0.117. The summed E-state index contributed by atoms with van der Waals surface area (Å²) in [6.45, 7) is 0.327. The highest BCUT2D eigenvalue weighted by atomic mass is 16.2. The largest absolute Gasteiger partial charge is 0.352 e. The molecule has 0 aliphatic rings. The topological polar surface area (TPSA) is 121 Å². The molecule has 1 unspecified atom stereocenters. The maximum atomic E-state index is 11.8. The fourth-order valence-electron chi connectivity index (χ4n) is 1.88. The maximum Gasteiger partial charge on any atom is 0.325 e. The van der Waals surface area contributed by atoms with Crippen LogP contribution in [0, 0.1) is 0 Å². The van der Waals surface area contributed by atoms with Gasteiger partial charge in [0.15, 0.2) is 0 Å². The number of aromatic nitrogens is 2. The Balaban J connectivity index is 1.90. The highest BCUT2D eigenvalue weighted by Crippen LogP contribution is 2.12. The summed E-state index contributed by atoms with van der Waals surface area (Å²) in [5.41, 5.74) is 5.48. The van der Waals surface area contributed by atoms with Gasteiger partial charge in [0.1, 0.15) is 5.56 Å². The second-order valence-corrected chi connectivity index (χ2v) is 4.55. The average molecular weight is 288 g/mol. The van der Waals surface area contributed by atoms with Crippen LogP contribution in [-0.2, 0) is 0 Å². The standard InChI is InChI=1S/C14H16N4O3/c15-11(9-4-2-1-3-5-9)6-7-16-12(19)10-8-17-14(21)18-13(10)20/h1-5,8,11H,6-7,15H2,(H,16,19)(H2,17,18,20,21). The quantitative estimate of drug-likeness (QED) is 0.613. The van der Waals surface area contributed by atoms with Crippen molar-refractivity contribution in [2.75, 3.05) is 6.54 Å². The molecule has 2 aromatic rings. The SMILES string of the molecule is NC(CCNC(=O)c1c[nH]c(=O)[nH]c1=O)c1ccccc1. The molecule has 0 bridgehead atoms. The van der Waals surface area contributed by atoms with Gasteiger partial charge in [0.2, 0.25) is 0 Å². The molecule has 2 rings (SSSR count). The predicted molar refractivity (Wildman–Crippen MR) is 78.0 cm³/mol. The molecule has 110 valence electrons. The fourth-order valence-corrected chi connectivity index (χ4v) is 1.88. The van der Waals surface area contributed by atoms with Crippen LogP contribution in [0.3, 0.4) is 0 Å². The van der Waals surface area contributed by atoms with Crippen LogP contribution < -0.4 is 22.3 Å². The molecule has 0 saturated heterocycles. The number of benzene rings is 1. The van der Waals surface area contributed by atoms with Crippen molar-refractivity contribution >= 4 is 5.91 Å². The highest BCUT2D eigenvalue weighted by Gasteiger charge is 2.11. The minimum atomic E-state index is -0.719. The second-order valence-electron chi connectivity index (χ2n) is 4.55. The average Bonchev–Trinajstić information content (AvgIpc) is 2.47. The smallest absolute Gasteiger partial charge is 0.325 e. The van der Waals surface area contributed by atoms with Crippen molar-refractivity contribution in [3.8, 4) is 0 Å². The zero-order valence-corrected chi connectivity index (χ0v) is 11.3. The summed E-state index contributed by atoms with van der Waals surface area (Å²) in [4.78, 5) is 38.3. The van der Waals surface area contributed by atoms with E-state index in [0.29, 0.717) is 13.0 Å². The number of hydrogen-bond acceptors (Lipinski definition) is 4. The van der Waals surface area contributed by atoms with Gasteiger partial charge in [-0.1, -0.05) is 30.3 Å². The monoisotopic (exact) mass is 288 g/mol. The maximum absolute atomic E-state index is 11.8. The van der Waals surface area contributed by atoms with Crippen LogP contribution in [0.1, 0.15) is 28.4 Å². The minimum absolute atomic E-state index is 0.136. The molecule has 1 heterocycles. The number of nitrogens with one attached hydrogen (secondary N) is 3. The van der Waals surface area contributed by atoms with Crippen molar-refractivity contribution in [1.82, 2.24) is 15.3 Å². The summed E-state index contributed by atoms with van der Waals surface area (Å²) in [5, 5.41) is 2.60. The molecule has 7 heteroatoms. The number of H-pyrrole nitrogens is 2. The number of carbonyl (C=O) groups is 1. The number of carbonyl (C=O) groups excluding carboxylic acids is 1. The molecule has 0 radical (unpaired) electrons. The molecule has 5 N–H and O–H groups in total. The van der Waals surface area contributed by atoms with Crippen LogP contribution in [0.2, 0.25) is 0 Å². The van der Waals surface area contributed by atoms with Crippen molar-refractivity contribution in [3.63, 3.8) is 0 Å². The van der Waals surface area contributed by atoms with Gasteiger partial charge in [-0.25, -0.2) is 4.79 Å². The Labute approximate surface area is 120 Å². The van der Waals surface area contributed by atoms with Gasteiger partial charge in [0.05, 0.1) is 0 Å². The molecule has 21 heavy (non-hydrogen) atoms. The molecule has 1 atom stereocenters. The van der Waals surface area contributed by atoms with Crippen molar-refractivity contribution in [3.05, 3.63) is 68.5 Å². The molecule has 1 aromatic heterocycles. The Hall–Kier alpha value is -2.67. The summed E-state index contributed by atoms with van der Waals surface area (Å²) < 4.78 is 0. The fraction of sp³-hybridized carbons (Fsp3) is 0.214. The number of rotatable bonds is 5. The number of hydrogen-bond donors (Lipinski definition) is 4. The molecule has 0 fully saturated rings. The Morgan fingerprint density at radius 2 is 1.95 bits per heavy atom. The first-order valence-corrected chi connectivity index (χ1v) is 6.48. The molecule has 1 aromatic carbocycles. The lowest BCUT2D eigenvalue weighted by Crippen LogP contribution is -2.34. The van der Waals surface area contributed by atoms with Crippen molar-refractivity contribution < 1.29 is 4.79 Å². The summed E-state index contributed by atoms with van der Waals surface area (Å²) in [6.07, 6.45) is 1.63. The molecule has 0 spiro atoms. The van der Waals surface area contributed by atoms with E-state index < -0.39 is 17.2 Å². The lowest BCUT2D eigenvalue weighted by Gasteiger charge is -2.12. The Bertz CT molecular complexity index is 721. The van der Waals surface area contributed by atoms with Gasteiger partial charge in [-0.05, 0) is 12.0 Å². The molecule has 0 aliphatic carbocycles. The molecule has 7 nitrogen and oxygen atoms in total. The van der Waals surface area contributed by atoms with E-state index in [9.17, 15) is 14.4 Å². The highest BCUT2D eigenvalue weighted by molar-refractivity contribution is 5.93. The van der Waals surface area contributed by atoms with Gasteiger partial charge in [-0.3, -0.25) is 14.6 Å². The summed E-state index contributed by atoms with van der Waals surface area (Å²) >= 11 is 0. The Morgan fingerprint density at radius 3 is 2.62 bits per heavy atom. The number of nitrogens with two attached hydrogens (primary N) is 1. The Kier molecular flexibility index (Phi) is 4.68. The van der Waals surface area contributed by atoms with Crippen LogP contribution in [0.15, 0.2) is 46.1 Å². The van der Waals surface area contributed by atoms with E-state index in [1.54, 1.807) is 0 Å². The van der Waals surface area contributed by atoms with E-state index in [1.807, 2.05) is 35.3 Å². The second kappa shape index (κ2) is 6.67. The van der Waals surface area contributed by atoms with Crippen LogP contribution in [0.4, 0.5) is 0 Å². The molecular formula is C14H16N4O3. The van der Waals surface area contributed by atoms with Crippen LogP contribution in [0.25, 0.3) is 0 Å². The van der Waals surface area contributed by atoms with Gasteiger partial charge < -0.3 is 16.0 Å². The van der Waals surface area contributed by atoms with Crippen molar-refractivity contribution in [2.45, 2.75) is 12.5 Å². The number of amides is 1. The van der Waals surface area contributed by atoms with E-state index in [2.05, 4.69) is 10.3 Å². The summed E-state index contributed by atoms with van der Waals surface area (Å²) in [7, 11) is 0. The zero-order valence-electron chi connectivity index (χ0n) is 11.3. The third-order valence-electron chi connectivity index (χ3n) is 3.03. The van der Waals surface area contributed by atoms with E-state index in [1.165, 1.54) is 0 Å². The lowest BCUT2D eigenvalue weighted by molar-refractivity contribution is 0.0950. The zero-order chi connectivity index (χ0) is 15.2. The molecule has 0 aliphatic heterocycles. The first-order valence-electron chi connectivity index (χ1n) is 6.48.